The summed E-state index contributed by atoms with van der Waals surface area (Å²) >= 11 is 0. The maximum atomic E-state index is 13.0. The first-order valence-electron chi connectivity index (χ1n) is 9.79. The molecule has 8 heteroatoms. The van der Waals surface area contributed by atoms with Crippen molar-refractivity contribution >= 4 is 11.8 Å². The highest BCUT2D eigenvalue weighted by Crippen LogP contribution is 2.26. The fraction of sp³-hybridized carbons (Fsp3) is 0.429. The van der Waals surface area contributed by atoms with E-state index >= 15 is 0 Å². The predicted molar refractivity (Wildman–Crippen MR) is 104 cm³/mol. The Kier molecular flexibility index (Phi) is 5.32. The minimum Gasteiger partial charge on any atom is -0.378 e. The standard InChI is InChI=1S/C21H23N5O3/c1-15-20-23-18(12-19(27)24-7-9-29-10-8-24)14-25(20)5-6-26(15)21(28)17-4-2-3-16(11-17)13-22/h2-4,11,14-15H,5-10,12H2,1H3/t15-/m0/s1. The molecule has 0 bridgehead atoms. The SMILES string of the molecule is C[C@H]1c2nc(CC(=O)N3CCOCC3)cn2CCN1C(=O)c1cccc(C#N)c1. The van der Waals surface area contributed by atoms with Crippen molar-refractivity contribution in [1.82, 2.24) is 19.4 Å². The van der Waals surface area contributed by atoms with Gasteiger partial charge in [-0.1, -0.05) is 6.07 Å². The van der Waals surface area contributed by atoms with Crippen molar-refractivity contribution in [3.8, 4) is 6.07 Å². The van der Waals surface area contributed by atoms with Crippen molar-refractivity contribution in [2.75, 3.05) is 32.8 Å². The van der Waals surface area contributed by atoms with E-state index in [0.29, 0.717) is 50.5 Å². The number of fused-ring (bicyclic) bond motifs is 1. The molecule has 1 saturated heterocycles. The number of nitriles is 1. The van der Waals surface area contributed by atoms with Crippen molar-refractivity contribution in [3.63, 3.8) is 0 Å². The molecule has 4 rings (SSSR count). The van der Waals surface area contributed by atoms with Crippen LogP contribution in [0.2, 0.25) is 0 Å². The summed E-state index contributed by atoms with van der Waals surface area (Å²) in [5, 5.41) is 9.08. The van der Waals surface area contributed by atoms with Crippen LogP contribution in [0.3, 0.4) is 0 Å². The Labute approximate surface area is 169 Å². The quantitative estimate of drug-likeness (QED) is 0.786. The lowest BCUT2D eigenvalue weighted by molar-refractivity contribution is -0.134. The summed E-state index contributed by atoms with van der Waals surface area (Å²) < 4.78 is 7.33. The van der Waals surface area contributed by atoms with E-state index in [1.807, 2.05) is 22.6 Å². The number of rotatable bonds is 3. The van der Waals surface area contributed by atoms with Crippen molar-refractivity contribution in [3.05, 3.63) is 53.1 Å². The molecule has 1 atom stereocenters. The number of carbonyl (C=O) groups is 2. The highest BCUT2D eigenvalue weighted by atomic mass is 16.5. The van der Waals surface area contributed by atoms with Crippen molar-refractivity contribution in [2.45, 2.75) is 25.9 Å². The lowest BCUT2D eigenvalue weighted by Gasteiger charge is -2.33. The third kappa shape index (κ3) is 3.87. The average Bonchev–Trinajstić information content (AvgIpc) is 3.17. The zero-order valence-electron chi connectivity index (χ0n) is 16.4. The Bertz CT molecular complexity index is 971. The fourth-order valence-electron chi connectivity index (χ4n) is 3.88. The van der Waals surface area contributed by atoms with E-state index in [1.54, 1.807) is 29.2 Å². The Balaban J connectivity index is 1.49. The molecule has 0 saturated carbocycles. The summed E-state index contributed by atoms with van der Waals surface area (Å²) in [7, 11) is 0. The van der Waals surface area contributed by atoms with E-state index in [4.69, 9.17) is 10.00 Å². The summed E-state index contributed by atoms with van der Waals surface area (Å²) in [5.41, 5.74) is 1.69. The van der Waals surface area contributed by atoms with Crippen molar-refractivity contribution in [2.24, 2.45) is 0 Å². The lowest BCUT2D eigenvalue weighted by atomic mass is 10.1. The van der Waals surface area contributed by atoms with Gasteiger partial charge in [0.25, 0.3) is 5.91 Å². The predicted octanol–water partition coefficient (Wildman–Crippen LogP) is 1.37. The van der Waals surface area contributed by atoms with Gasteiger partial charge in [0.2, 0.25) is 5.91 Å². The number of morpholine rings is 1. The van der Waals surface area contributed by atoms with Crippen LogP contribution in [0.1, 0.15) is 40.4 Å². The van der Waals surface area contributed by atoms with Gasteiger partial charge in [0.1, 0.15) is 5.82 Å². The molecule has 1 fully saturated rings. The molecular formula is C21H23N5O3. The van der Waals surface area contributed by atoms with E-state index in [-0.39, 0.29) is 24.3 Å². The monoisotopic (exact) mass is 393 g/mol. The molecule has 0 aliphatic carbocycles. The van der Waals surface area contributed by atoms with Gasteiger partial charge in [-0.05, 0) is 25.1 Å². The van der Waals surface area contributed by atoms with Crippen molar-refractivity contribution in [1.29, 1.82) is 5.26 Å². The second-order valence-electron chi connectivity index (χ2n) is 7.32. The summed E-state index contributed by atoms with van der Waals surface area (Å²) in [5.74, 6) is 0.721. The molecule has 0 N–H and O–H groups in total. The van der Waals surface area contributed by atoms with Gasteiger partial charge in [0.15, 0.2) is 0 Å². The van der Waals surface area contributed by atoms with Crippen LogP contribution in [0.15, 0.2) is 30.5 Å². The van der Waals surface area contributed by atoms with Gasteiger partial charge in [0.05, 0.1) is 43.0 Å². The number of hydrogen-bond acceptors (Lipinski definition) is 5. The molecule has 29 heavy (non-hydrogen) atoms. The number of imidazole rings is 1. The summed E-state index contributed by atoms with van der Waals surface area (Å²) in [6, 6.07) is 8.60. The van der Waals surface area contributed by atoms with E-state index in [0.717, 1.165) is 11.5 Å². The molecule has 150 valence electrons. The first kappa shape index (κ1) is 19.2. The van der Waals surface area contributed by atoms with E-state index in [9.17, 15) is 9.59 Å². The molecule has 1 aromatic carbocycles. The smallest absolute Gasteiger partial charge is 0.254 e. The van der Waals surface area contributed by atoms with Crippen LogP contribution in [-0.4, -0.2) is 64.0 Å². The normalized spacial score (nSPS) is 18.8. The van der Waals surface area contributed by atoms with Crippen LogP contribution in [0.25, 0.3) is 0 Å². The highest BCUT2D eigenvalue weighted by Gasteiger charge is 2.31. The molecule has 1 aromatic heterocycles. The maximum absolute atomic E-state index is 13.0. The minimum atomic E-state index is -0.214. The zero-order valence-corrected chi connectivity index (χ0v) is 16.4. The minimum absolute atomic E-state index is 0.0534. The third-order valence-corrected chi connectivity index (χ3v) is 5.48. The number of carbonyl (C=O) groups excluding carboxylic acids is 2. The van der Waals surface area contributed by atoms with Crippen LogP contribution in [0.5, 0.6) is 0 Å². The number of hydrogen-bond donors (Lipinski definition) is 0. The number of amides is 2. The molecule has 2 aliphatic rings. The molecule has 0 unspecified atom stereocenters. The first-order valence-corrected chi connectivity index (χ1v) is 9.79. The second kappa shape index (κ2) is 8.05. The summed E-state index contributed by atoms with van der Waals surface area (Å²) in [6.45, 7) is 5.51. The van der Waals surface area contributed by atoms with Crippen LogP contribution in [0.4, 0.5) is 0 Å². The zero-order chi connectivity index (χ0) is 20.4. The second-order valence-corrected chi connectivity index (χ2v) is 7.32. The van der Waals surface area contributed by atoms with E-state index in [2.05, 4.69) is 11.1 Å². The van der Waals surface area contributed by atoms with Gasteiger partial charge in [0, 0.05) is 37.9 Å². The largest absolute Gasteiger partial charge is 0.378 e. The number of ether oxygens (including phenoxy) is 1. The van der Waals surface area contributed by atoms with Crippen molar-refractivity contribution < 1.29 is 14.3 Å². The maximum Gasteiger partial charge on any atom is 0.254 e. The van der Waals surface area contributed by atoms with E-state index < -0.39 is 0 Å². The number of benzene rings is 1. The molecule has 2 aromatic rings. The molecule has 0 spiro atoms. The molecule has 0 radical (unpaired) electrons. The molecule has 8 nitrogen and oxygen atoms in total. The van der Waals surface area contributed by atoms with Gasteiger partial charge >= 0.3 is 0 Å². The third-order valence-electron chi connectivity index (χ3n) is 5.48. The van der Waals surface area contributed by atoms with Gasteiger partial charge < -0.3 is 19.1 Å². The van der Waals surface area contributed by atoms with Crippen LogP contribution >= 0.6 is 0 Å². The molecule has 2 aliphatic heterocycles. The van der Waals surface area contributed by atoms with Crippen LogP contribution < -0.4 is 0 Å². The highest BCUT2D eigenvalue weighted by molar-refractivity contribution is 5.94. The Morgan fingerprint density at radius 2 is 2.03 bits per heavy atom. The Hall–Kier alpha value is -3.18. The Morgan fingerprint density at radius 1 is 1.24 bits per heavy atom. The summed E-state index contributed by atoms with van der Waals surface area (Å²) in [4.78, 5) is 33.7. The van der Waals surface area contributed by atoms with Crippen LogP contribution in [0, 0.1) is 11.3 Å². The number of aromatic nitrogens is 2. The fourth-order valence-corrected chi connectivity index (χ4v) is 3.88. The number of nitrogens with zero attached hydrogens (tertiary/aromatic N) is 5. The topological polar surface area (TPSA) is 91.5 Å². The Morgan fingerprint density at radius 3 is 2.79 bits per heavy atom. The first-order chi connectivity index (χ1) is 14.1. The van der Waals surface area contributed by atoms with Gasteiger partial charge in [-0.3, -0.25) is 9.59 Å². The molecule has 2 amide bonds. The summed E-state index contributed by atoms with van der Waals surface area (Å²) in [6.07, 6.45) is 2.17. The molecule has 3 heterocycles. The molecular weight excluding hydrogens is 370 g/mol. The van der Waals surface area contributed by atoms with Gasteiger partial charge in [-0.25, -0.2) is 4.98 Å². The van der Waals surface area contributed by atoms with Gasteiger partial charge in [-0.15, -0.1) is 0 Å². The van der Waals surface area contributed by atoms with E-state index in [1.165, 1.54) is 0 Å². The van der Waals surface area contributed by atoms with Crippen LogP contribution in [-0.2, 0) is 22.5 Å². The average molecular weight is 393 g/mol. The van der Waals surface area contributed by atoms with Gasteiger partial charge in [-0.2, -0.15) is 5.26 Å². The lowest BCUT2D eigenvalue weighted by Crippen LogP contribution is -2.41.